The lowest BCUT2D eigenvalue weighted by Gasteiger charge is -2.12. The fourth-order valence-corrected chi connectivity index (χ4v) is 1.83. The molecule has 0 spiro atoms. The van der Waals surface area contributed by atoms with Crippen molar-refractivity contribution in [2.45, 2.75) is 64.5 Å². The van der Waals surface area contributed by atoms with Crippen molar-refractivity contribution in [3.8, 4) is 0 Å². The lowest BCUT2D eigenvalue weighted by Crippen LogP contribution is -2.17. The Morgan fingerprint density at radius 2 is 1.65 bits per heavy atom. The highest BCUT2D eigenvalue weighted by molar-refractivity contribution is 5.13. The van der Waals surface area contributed by atoms with Gasteiger partial charge in [-0.2, -0.15) is 0 Å². The Morgan fingerprint density at radius 3 is 2.24 bits per heavy atom. The monoisotopic (exact) mass is 240 g/mol. The van der Waals surface area contributed by atoms with Crippen molar-refractivity contribution >= 4 is 0 Å². The number of nitrogens with two attached hydrogens (primary N) is 2. The van der Waals surface area contributed by atoms with Crippen molar-refractivity contribution < 1.29 is 4.52 Å². The van der Waals surface area contributed by atoms with Gasteiger partial charge in [-0.15, -0.1) is 5.10 Å². The highest BCUT2D eigenvalue weighted by Crippen LogP contribution is 2.25. The van der Waals surface area contributed by atoms with E-state index >= 15 is 0 Å². The van der Waals surface area contributed by atoms with Crippen LogP contribution in [0.1, 0.15) is 75.9 Å². The molecule has 0 aromatic carbocycles. The van der Waals surface area contributed by atoms with E-state index in [0.29, 0.717) is 5.76 Å². The molecule has 2 atom stereocenters. The topological polar surface area (TPSA) is 91.0 Å². The van der Waals surface area contributed by atoms with Crippen molar-refractivity contribution in [1.82, 2.24) is 10.4 Å². The molecule has 0 aliphatic rings. The Kier molecular flexibility index (Phi) is 6.15. The van der Waals surface area contributed by atoms with Gasteiger partial charge in [0.1, 0.15) is 5.69 Å². The molecule has 0 saturated carbocycles. The Balaban J connectivity index is 2.63. The molecule has 0 amide bonds. The van der Waals surface area contributed by atoms with Crippen LogP contribution in [0.3, 0.4) is 0 Å². The van der Waals surface area contributed by atoms with E-state index in [1.54, 1.807) is 0 Å². The molecule has 1 rings (SSSR count). The van der Waals surface area contributed by atoms with Crippen LogP contribution in [0.4, 0.5) is 0 Å². The van der Waals surface area contributed by atoms with Gasteiger partial charge < -0.3 is 16.0 Å². The number of hydrogen-bond acceptors (Lipinski definition) is 5. The van der Waals surface area contributed by atoms with Crippen molar-refractivity contribution in [3.05, 3.63) is 11.5 Å². The molecule has 5 heteroatoms. The van der Waals surface area contributed by atoms with Gasteiger partial charge in [0.15, 0.2) is 5.76 Å². The molecule has 17 heavy (non-hydrogen) atoms. The Labute approximate surface area is 103 Å². The Morgan fingerprint density at radius 1 is 1.06 bits per heavy atom. The maximum absolute atomic E-state index is 6.07. The van der Waals surface area contributed by atoms with Crippen LogP contribution in [0.2, 0.25) is 0 Å². The van der Waals surface area contributed by atoms with E-state index in [-0.39, 0.29) is 12.1 Å². The second kappa shape index (κ2) is 7.40. The highest BCUT2D eigenvalue weighted by atomic mass is 16.5. The van der Waals surface area contributed by atoms with Crippen LogP contribution < -0.4 is 11.5 Å². The van der Waals surface area contributed by atoms with Crippen molar-refractivity contribution in [2.75, 3.05) is 0 Å². The van der Waals surface area contributed by atoms with Gasteiger partial charge in [-0.05, 0) is 12.8 Å². The Hall–Kier alpha value is -0.940. The molecule has 0 bridgehead atoms. The van der Waals surface area contributed by atoms with Crippen LogP contribution in [-0.4, -0.2) is 10.4 Å². The average molecular weight is 240 g/mol. The van der Waals surface area contributed by atoms with Gasteiger partial charge in [0, 0.05) is 5.27 Å². The minimum atomic E-state index is -0.132. The number of unbranched alkanes of at least 4 members (excludes halogenated alkanes) is 2. The van der Waals surface area contributed by atoms with Crippen LogP contribution in [0.5, 0.6) is 0 Å². The Bertz CT molecular complexity index is 285. The van der Waals surface area contributed by atoms with Crippen LogP contribution in [0, 0.1) is 0 Å². The largest absolute Gasteiger partial charge is 0.340 e. The van der Waals surface area contributed by atoms with Crippen molar-refractivity contribution in [3.63, 3.8) is 0 Å². The minimum absolute atomic E-state index is 0.108. The molecule has 1 heterocycles. The van der Waals surface area contributed by atoms with E-state index in [9.17, 15) is 0 Å². The molecule has 0 aliphatic heterocycles. The third-order valence-corrected chi connectivity index (χ3v) is 2.97. The van der Waals surface area contributed by atoms with Crippen LogP contribution in [0.15, 0.2) is 4.52 Å². The summed E-state index contributed by atoms with van der Waals surface area (Å²) in [5.74, 6) is 0.669. The summed E-state index contributed by atoms with van der Waals surface area (Å²) in [5.41, 5.74) is 12.9. The zero-order valence-corrected chi connectivity index (χ0v) is 10.9. The first-order valence-electron chi connectivity index (χ1n) is 6.54. The van der Waals surface area contributed by atoms with Crippen molar-refractivity contribution in [1.29, 1.82) is 0 Å². The fourth-order valence-electron chi connectivity index (χ4n) is 1.83. The second-order valence-corrected chi connectivity index (χ2v) is 4.52. The second-order valence-electron chi connectivity index (χ2n) is 4.52. The summed E-state index contributed by atoms with van der Waals surface area (Å²) in [6.45, 7) is 4.28. The minimum Gasteiger partial charge on any atom is -0.340 e. The van der Waals surface area contributed by atoms with Gasteiger partial charge in [0.05, 0.1) is 12.1 Å². The first-order valence-corrected chi connectivity index (χ1v) is 6.54. The van der Waals surface area contributed by atoms with Crippen molar-refractivity contribution in [2.24, 2.45) is 11.5 Å². The summed E-state index contributed by atoms with van der Waals surface area (Å²) in [6.07, 6.45) is 6.19. The molecule has 4 N–H and O–H groups in total. The molecule has 0 radical (unpaired) electrons. The maximum atomic E-state index is 6.07. The standard InChI is InChI=1S/C12H24N4O/c1-3-5-7-9(13)11-12(17-16-15-11)10(14)8-6-4-2/h9-10H,3-8,13-14H2,1-2H3. The predicted octanol–water partition coefficient (Wildman–Crippen LogP) is 2.45. The van der Waals surface area contributed by atoms with Gasteiger partial charge in [-0.25, -0.2) is 0 Å². The number of hydrogen-bond donors (Lipinski definition) is 2. The quantitative estimate of drug-likeness (QED) is 0.728. The molecular weight excluding hydrogens is 216 g/mol. The van der Waals surface area contributed by atoms with Crippen LogP contribution >= 0.6 is 0 Å². The number of rotatable bonds is 8. The predicted molar refractivity (Wildman–Crippen MR) is 67.2 cm³/mol. The zero-order chi connectivity index (χ0) is 12.7. The summed E-state index contributed by atoms with van der Waals surface area (Å²) in [4.78, 5) is 0. The molecular formula is C12H24N4O. The van der Waals surface area contributed by atoms with E-state index in [1.165, 1.54) is 0 Å². The molecule has 0 saturated heterocycles. The van der Waals surface area contributed by atoms with E-state index < -0.39 is 0 Å². The smallest absolute Gasteiger partial charge is 0.178 e. The molecule has 0 aliphatic carbocycles. The summed E-state index contributed by atoms with van der Waals surface area (Å²) in [5, 5.41) is 7.57. The lowest BCUT2D eigenvalue weighted by atomic mass is 10.0. The molecule has 1 aromatic heterocycles. The summed E-state index contributed by atoms with van der Waals surface area (Å²) >= 11 is 0. The maximum Gasteiger partial charge on any atom is 0.178 e. The van der Waals surface area contributed by atoms with Crippen LogP contribution in [-0.2, 0) is 0 Å². The SMILES string of the molecule is CCCCC(N)c1nnoc1C(N)CCCC. The third-order valence-electron chi connectivity index (χ3n) is 2.97. The van der Waals surface area contributed by atoms with E-state index in [0.717, 1.165) is 44.2 Å². The number of nitrogens with zero attached hydrogens (tertiary/aromatic N) is 2. The molecule has 5 nitrogen and oxygen atoms in total. The molecule has 0 fully saturated rings. The summed E-state index contributed by atoms with van der Waals surface area (Å²) in [6, 6.07) is -0.239. The first-order chi connectivity index (χ1) is 8.20. The van der Waals surface area contributed by atoms with E-state index in [4.69, 9.17) is 16.0 Å². The highest BCUT2D eigenvalue weighted by Gasteiger charge is 2.22. The van der Waals surface area contributed by atoms with Gasteiger partial charge in [-0.1, -0.05) is 39.5 Å². The van der Waals surface area contributed by atoms with Crippen LogP contribution in [0.25, 0.3) is 0 Å². The molecule has 98 valence electrons. The van der Waals surface area contributed by atoms with E-state index in [2.05, 4.69) is 24.2 Å². The average Bonchev–Trinajstić information content (AvgIpc) is 2.82. The normalized spacial score (nSPS) is 14.8. The summed E-state index contributed by atoms with van der Waals surface area (Å²) < 4.78 is 5.16. The summed E-state index contributed by atoms with van der Waals surface area (Å²) in [7, 11) is 0. The zero-order valence-electron chi connectivity index (χ0n) is 10.9. The van der Waals surface area contributed by atoms with E-state index in [1.807, 2.05) is 0 Å². The van der Waals surface area contributed by atoms with Gasteiger partial charge in [0.25, 0.3) is 0 Å². The van der Waals surface area contributed by atoms with Gasteiger partial charge in [-0.3, -0.25) is 0 Å². The molecule has 2 unspecified atom stereocenters. The lowest BCUT2D eigenvalue weighted by molar-refractivity contribution is 0.335. The first kappa shape index (κ1) is 14.1. The van der Waals surface area contributed by atoms with Gasteiger partial charge >= 0.3 is 0 Å². The third kappa shape index (κ3) is 4.09. The molecule has 1 aromatic rings. The van der Waals surface area contributed by atoms with Gasteiger partial charge in [0.2, 0.25) is 0 Å². The fraction of sp³-hybridized carbons (Fsp3) is 0.833. The number of aromatic nitrogens is 2.